The molecule has 3 heterocycles. The van der Waals surface area contributed by atoms with E-state index in [-0.39, 0.29) is 24.1 Å². The molecule has 0 spiro atoms. The molecule has 0 bridgehead atoms. The molecule has 3 aliphatic heterocycles. The zero-order chi connectivity index (χ0) is 22.2. The summed E-state index contributed by atoms with van der Waals surface area (Å²) in [5.74, 6) is -0.777. The molecule has 1 N–H and O–H groups in total. The fourth-order valence-electron chi connectivity index (χ4n) is 4.84. The van der Waals surface area contributed by atoms with Gasteiger partial charge in [0, 0.05) is 51.3 Å². The number of hydrogen-bond acceptors (Lipinski definition) is 5. The molecule has 3 amide bonds. The number of rotatable bonds is 4. The molecular weight excluding hydrogens is 428 g/mol. The number of hydrogen-bond donors (Lipinski definition) is 1. The van der Waals surface area contributed by atoms with Crippen LogP contribution in [-0.4, -0.2) is 59.7 Å². The Morgan fingerprint density at radius 1 is 1.00 bits per heavy atom. The summed E-state index contributed by atoms with van der Waals surface area (Å²) in [5, 5.41) is 3.13. The van der Waals surface area contributed by atoms with Gasteiger partial charge in [-0.1, -0.05) is 35.9 Å². The van der Waals surface area contributed by atoms with Crippen molar-refractivity contribution in [3.8, 4) is 0 Å². The number of carbonyl (C=O) groups excluding carboxylic acids is 3. The van der Waals surface area contributed by atoms with E-state index in [0.717, 1.165) is 54.6 Å². The number of anilines is 1. The number of fused-ring (bicyclic) bond motifs is 1. The topological polar surface area (TPSA) is 73.0 Å². The monoisotopic (exact) mass is 452 g/mol. The van der Waals surface area contributed by atoms with Crippen LogP contribution >= 0.6 is 11.6 Å². The molecule has 2 fully saturated rings. The van der Waals surface area contributed by atoms with Crippen molar-refractivity contribution in [3.63, 3.8) is 0 Å². The van der Waals surface area contributed by atoms with E-state index in [0.29, 0.717) is 18.5 Å². The lowest BCUT2D eigenvalue weighted by molar-refractivity contribution is -0.136. The van der Waals surface area contributed by atoms with E-state index in [1.54, 1.807) is 4.90 Å². The van der Waals surface area contributed by atoms with E-state index in [1.807, 2.05) is 30.3 Å². The Kier molecular flexibility index (Phi) is 5.61. The largest absolute Gasteiger partial charge is 0.368 e. The first-order chi connectivity index (χ1) is 15.5. The Morgan fingerprint density at radius 2 is 1.78 bits per heavy atom. The molecule has 2 saturated heterocycles. The normalized spacial score (nSPS) is 21.7. The van der Waals surface area contributed by atoms with Gasteiger partial charge in [-0.25, -0.2) is 0 Å². The van der Waals surface area contributed by atoms with Crippen molar-refractivity contribution in [2.75, 3.05) is 31.1 Å². The first-order valence-electron chi connectivity index (χ1n) is 11.0. The van der Waals surface area contributed by atoms with Crippen LogP contribution in [0.5, 0.6) is 0 Å². The number of piperidine rings is 1. The molecule has 32 heavy (non-hydrogen) atoms. The summed E-state index contributed by atoms with van der Waals surface area (Å²) >= 11 is 6.35. The maximum Gasteiger partial charge on any atom is 0.255 e. The number of carbonyl (C=O) groups is 3. The Morgan fingerprint density at radius 3 is 2.53 bits per heavy atom. The number of nitrogens with one attached hydrogen (secondary N) is 1. The maximum atomic E-state index is 12.9. The molecule has 166 valence electrons. The number of benzene rings is 2. The van der Waals surface area contributed by atoms with Crippen molar-refractivity contribution in [2.24, 2.45) is 0 Å². The van der Waals surface area contributed by atoms with Crippen LogP contribution in [0.2, 0.25) is 5.02 Å². The minimum absolute atomic E-state index is 0.130. The molecular formula is C24H25ClN4O3. The summed E-state index contributed by atoms with van der Waals surface area (Å²) in [5.41, 5.74) is 3.85. The number of amides is 3. The van der Waals surface area contributed by atoms with Crippen molar-refractivity contribution in [1.29, 1.82) is 0 Å². The molecule has 1 unspecified atom stereocenters. The zero-order valence-corrected chi connectivity index (χ0v) is 18.5. The highest BCUT2D eigenvalue weighted by molar-refractivity contribution is 6.33. The summed E-state index contributed by atoms with van der Waals surface area (Å²) in [4.78, 5) is 42.8. The van der Waals surface area contributed by atoms with Crippen LogP contribution in [0.3, 0.4) is 0 Å². The third-order valence-corrected chi connectivity index (χ3v) is 6.88. The number of para-hydroxylation sites is 1. The third kappa shape index (κ3) is 3.98. The number of halogens is 1. The van der Waals surface area contributed by atoms with Crippen molar-refractivity contribution < 1.29 is 14.4 Å². The zero-order valence-electron chi connectivity index (χ0n) is 17.7. The molecule has 3 aliphatic rings. The van der Waals surface area contributed by atoms with E-state index in [4.69, 9.17) is 11.6 Å². The minimum Gasteiger partial charge on any atom is -0.368 e. The van der Waals surface area contributed by atoms with Crippen LogP contribution in [0, 0.1) is 0 Å². The van der Waals surface area contributed by atoms with Gasteiger partial charge in [0.25, 0.3) is 5.91 Å². The van der Waals surface area contributed by atoms with Crippen molar-refractivity contribution in [1.82, 2.24) is 15.1 Å². The molecule has 5 rings (SSSR count). The van der Waals surface area contributed by atoms with Gasteiger partial charge < -0.3 is 9.80 Å². The minimum atomic E-state index is -0.575. The highest BCUT2D eigenvalue weighted by Gasteiger charge is 2.39. The fourth-order valence-corrected chi connectivity index (χ4v) is 5.09. The Labute approximate surface area is 191 Å². The van der Waals surface area contributed by atoms with Gasteiger partial charge in [-0.15, -0.1) is 0 Å². The van der Waals surface area contributed by atoms with E-state index in [2.05, 4.69) is 27.2 Å². The second kappa shape index (κ2) is 8.56. The van der Waals surface area contributed by atoms with Gasteiger partial charge in [-0.2, -0.15) is 0 Å². The van der Waals surface area contributed by atoms with Gasteiger partial charge in [0.15, 0.2) is 0 Å². The standard InChI is InChI=1S/C24H25ClN4O3/c25-19-3-1-2-4-20(19)28-11-9-27(10-12-28)14-16-5-6-18-17(13-16)15-29(24(18)32)21-7-8-22(30)26-23(21)31/h1-6,13,21H,7-12,14-15H2,(H,26,30,31). The maximum absolute atomic E-state index is 12.9. The van der Waals surface area contributed by atoms with Crippen LogP contribution in [0.15, 0.2) is 42.5 Å². The molecule has 2 aromatic carbocycles. The van der Waals surface area contributed by atoms with E-state index >= 15 is 0 Å². The smallest absolute Gasteiger partial charge is 0.255 e. The molecule has 1 atom stereocenters. The van der Waals surface area contributed by atoms with Crippen LogP contribution in [0.1, 0.15) is 34.3 Å². The number of piperazine rings is 1. The van der Waals surface area contributed by atoms with Gasteiger partial charge in [0.2, 0.25) is 11.8 Å². The summed E-state index contributed by atoms with van der Waals surface area (Å²) in [6.45, 7) is 4.92. The van der Waals surface area contributed by atoms with Crippen LogP contribution in [0.25, 0.3) is 0 Å². The Balaban J connectivity index is 1.22. The third-order valence-electron chi connectivity index (χ3n) is 6.56. The average Bonchev–Trinajstić information content (AvgIpc) is 3.10. The Bertz CT molecular complexity index is 1080. The number of nitrogens with zero attached hydrogens (tertiary/aromatic N) is 3. The summed E-state index contributed by atoms with van der Waals surface area (Å²) < 4.78 is 0. The lowest BCUT2D eigenvalue weighted by Gasteiger charge is -2.36. The molecule has 2 aromatic rings. The molecule has 8 heteroatoms. The highest BCUT2D eigenvalue weighted by Crippen LogP contribution is 2.29. The van der Waals surface area contributed by atoms with Crippen molar-refractivity contribution >= 4 is 35.0 Å². The lowest BCUT2D eigenvalue weighted by Crippen LogP contribution is -2.52. The SMILES string of the molecule is O=C1CCC(N2Cc3cc(CN4CCN(c5ccccc5Cl)CC4)ccc3C2=O)C(=O)N1. The molecule has 0 aliphatic carbocycles. The molecule has 0 saturated carbocycles. The molecule has 0 aromatic heterocycles. The van der Waals surface area contributed by atoms with Gasteiger partial charge in [0.1, 0.15) is 6.04 Å². The highest BCUT2D eigenvalue weighted by atomic mass is 35.5. The second-order valence-electron chi connectivity index (χ2n) is 8.61. The Hall–Kier alpha value is -2.90. The van der Waals surface area contributed by atoms with Crippen LogP contribution in [-0.2, 0) is 22.7 Å². The molecule has 0 radical (unpaired) electrons. The summed E-state index contributed by atoms with van der Waals surface area (Å²) in [6.07, 6.45) is 0.648. The number of imide groups is 1. The summed E-state index contributed by atoms with van der Waals surface area (Å²) in [6, 6.07) is 13.3. The van der Waals surface area contributed by atoms with E-state index in [9.17, 15) is 14.4 Å². The first kappa shape index (κ1) is 21.0. The van der Waals surface area contributed by atoms with Gasteiger partial charge in [-0.3, -0.25) is 24.6 Å². The average molecular weight is 453 g/mol. The second-order valence-corrected chi connectivity index (χ2v) is 9.01. The predicted octanol–water partition coefficient (Wildman–Crippen LogP) is 2.42. The van der Waals surface area contributed by atoms with Crippen molar-refractivity contribution in [3.05, 3.63) is 64.2 Å². The first-order valence-corrected chi connectivity index (χ1v) is 11.4. The van der Waals surface area contributed by atoms with Gasteiger partial charge in [-0.05, 0) is 35.7 Å². The predicted molar refractivity (Wildman–Crippen MR) is 121 cm³/mol. The van der Waals surface area contributed by atoms with Crippen molar-refractivity contribution in [2.45, 2.75) is 32.0 Å². The molecule has 7 nitrogen and oxygen atoms in total. The lowest BCUT2D eigenvalue weighted by atomic mass is 10.0. The van der Waals surface area contributed by atoms with E-state index in [1.165, 1.54) is 0 Å². The van der Waals surface area contributed by atoms with Crippen LogP contribution in [0.4, 0.5) is 5.69 Å². The van der Waals surface area contributed by atoms with Gasteiger partial charge in [0.05, 0.1) is 10.7 Å². The fraction of sp³-hybridized carbons (Fsp3) is 0.375. The summed E-state index contributed by atoms with van der Waals surface area (Å²) in [7, 11) is 0. The quantitative estimate of drug-likeness (QED) is 0.721. The van der Waals surface area contributed by atoms with Gasteiger partial charge >= 0.3 is 0 Å². The van der Waals surface area contributed by atoms with E-state index < -0.39 is 6.04 Å². The van der Waals surface area contributed by atoms with Crippen LogP contribution < -0.4 is 10.2 Å².